The molecule has 2 aromatic carbocycles. The number of hydrogen-bond donors (Lipinski definition) is 2. The first-order valence-electron chi connectivity index (χ1n) is 8.02. The summed E-state index contributed by atoms with van der Waals surface area (Å²) in [5.41, 5.74) is 2.69. The van der Waals surface area contributed by atoms with Crippen LogP contribution in [0, 0.1) is 17.0 Å². The standard InChI is InChI=1S/C18H16ClN5O2S/c1-12-9-17(22-23(12)11-13-3-2-4-14(19)10-13)21-18(27)20-15-5-7-16(8-6-15)24(25)26/h2-10H,11H2,1H3,(H2,20,21,22,27). The zero-order chi connectivity index (χ0) is 19.4. The van der Waals surface area contributed by atoms with Crippen LogP contribution in [0.1, 0.15) is 11.3 Å². The first kappa shape index (κ1) is 18.8. The first-order valence-corrected chi connectivity index (χ1v) is 8.81. The maximum atomic E-state index is 10.7. The minimum Gasteiger partial charge on any atom is -0.332 e. The number of nitrogens with zero attached hydrogens (tertiary/aromatic N) is 3. The Morgan fingerprint density at radius 2 is 1.96 bits per heavy atom. The van der Waals surface area contributed by atoms with Gasteiger partial charge in [0.2, 0.25) is 0 Å². The molecule has 9 heteroatoms. The molecular weight excluding hydrogens is 386 g/mol. The monoisotopic (exact) mass is 401 g/mol. The van der Waals surface area contributed by atoms with Gasteiger partial charge >= 0.3 is 0 Å². The Balaban J connectivity index is 1.63. The van der Waals surface area contributed by atoms with Gasteiger partial charge < -0.3 is 10.6 Å². The number of hydrogen-bond acceptors (Lipinski definition) is 4. The van der Waals surface area contributed by atoms with Gasteiger partial charge in [0.25, 0.3) is 5.69 Å². The molecule has 0 bridgehead atoms. The van der Waals surface area contributed by atoms with E-state index in [1.165, 1.54) is 12.1 Å². The third-order valence-electron chi connectivity index (χ3n) is 3.78. The van der Waals surface area contributed by atoms with Crippen LogP contribution in [0.25, 0.3) is 0 Å². The number of non-ortho nitro benzene ring substituents is 1. The molecule has 138 valence electrons. The SMILES string of the molecule is Cc1cc(NC(=S)Nc2ccc([N+](=O)[O-])cc2)nn1Cc1cccc(Cl)c1. The Kier molecular flexibility index (Phi) is 5.68. The van der Waals surface area contributed by atoms with E-state index in [9.17, 15) is 10.1 Å². The van der Waals surface area contributed by atoms with Crippen LogP contribution in [0.4, 0.5) is 17.2 Å². The van der Waals surface area contributed by atoms with Crippen molar-refractivity contribution >= 4 is 46.1 Å². The van der Waals surface area contributed by atoms with E-state index >= 15 is 0 Å². The van der Waals surface area contributed by atoms with E-state index in [0.717, 1.165) is 11.3 Å². The van der Waals surface area contributed by atoms with Gasteiger partial charge in [0.15, 0.2) is 10.9 Å². The molecule has 0 unspecified atom stereocenters. The summed E-state index contributed by atoms with van der Waals surface area (Å²) in [5.74, 6) is 0.605. The number of nitrogens with one attached hydrogen (secondary N) is 2. The Morgan fingerprint density at radius 1 is 1.22 bits per heavy atom. The van der Waals surface area contributed by atoms with Crippen molar-refractivity contribution in [2.45, 2.75) is 13.5 Å². The minimum atomic E-state index is -0.449. The molecule has 7 nitrogen and oxygen atoms in total. The quantitative estimate of drug-likeness (QED) is 0.369. The van der Waals surface area contributed by atoms with E-state index in [1.807, 2.05) is 41.9 Å². The summed E-state index contributed by atoms with van der Waals surface area (Å²) in [6.45, 7) is 2.55. The Hall–Kier alpha value is -2.97. The van der Waals surface area contributed by atoms with Gasteiger partial charge in [-0.1, -0.05) is 23.7 Å². The molecule has 0 aliphatic carbocycles. The van der Waals surface area contributed by atoms with Crippen molar-refractivity contribution in [3.8, 4) is 0 Å². The van der Waals surface area contributed by atoms with Crippen molar-refractivity contribution in [1.82, 2.24) is 9.78 Å². The summed E-state index contributed by atoms with van der Waals surface area (Å²) in [5, 5.41) is 22.2. The fraction of sp³-hybridized carbons (Fsp3) is 0.111. The molecule has 1 heterocycles. The molecule has 0 radical (unpaired) electrons. The first-order chi connectivity index (χ1) is 12.9. The molecule has 2 N–H and O–H groups in total. The van der Waals surface area contributed by atoms with Crippen LogP contribution in [0.2, 0.25) is 5.02 Å². The number of aryl methyl sites for hydroxylation is 1. The molecule has 1 aromatic heterocycles. The van der Waals surface area contributed by atoms with E-state index < -0.39 is 4.92 Å². The smallest absolute Gasteiger partial charge is 0.269 e. The highest BCUT2D eigenvalue weighted by atomic mass is 35.5. The van der Waals surface area contributed by atoms with E-state index in [1.54, 1.807) is 12.1 Å². The number of nitro groups is 1. The van der Waals surface area contributed by atoms with Crippen molar-refractivity contribution < 1.29 is 4.92 Å². The third kappa shape index (κ3) is 5.02. The predicted molar refractivity (Wildman–Crippen MR) is 110 cm³/mol. The Morgan fingerprint density at radius 3 is 2.63 bits per heavy atom. The van der Waals surface area contributed by atoms with Gasteiger partial charge in [-0.2, -0.15) is 5.10 Å². The van der Waals surface area contributed by atoms with Crippen LogP contribution in [-0.4, -0.2) is 19.8 Å². The molecule has 0 spiro atoms. The molecule has 3 aromatic rings. The van der Waals surface area contributed by atoms with Crippen molar-refractivity contribution in [2.75, 3.05) is 10.6 Å². The highest BCUT2D eigenvalue weighted by molar-refractivity contribution is 7.80. The van der Waals surface area contributed by atoms with E-state index in [0.29, 0.717) is 28.2 Å². The topological polar surface area (TPSA) is 85.0 Å². The molecule has 0 amide bonds. The summed E-state index contributed by atoms with van der Waals surface area (Å²) in [6, 6.07) is 15.5. The molecule has 0 atom stereocenters. The van der Waals surface area contributed by atoms with Crippen LogP contribution >= 0.6 is 23.8 Å². The number of anilines is 2. The molecule has 0 saturated heterocycles. The molecule has 0 saturated carbocycles. The lowest BCUT2D eigenvalue weighted by molar-refractivity contribution is -0.384. The molecule has 0 fully saturated rings. The average molecular weight is 402 g/mol. The lowest BCUT2D eigenvalue weighted by Crippen LogP contribution is -2.19. The highest BCUT2D eigenvalue weighted by Crippen LogP contribution is 2.17. The lowest BCUT2D eigenvalue weighted by atomic mass is 10.2. The van der Waals surface area contributed by atoms with Gasteiger partial charge in [0, 0.05) is 34.6 Å². The maximum absolute atomic E-state index is 10.7. The van der Waals surface area contributed by atoms with Gasteiger partial charge in [-0.3, -0.25) is 14.8 Å². The largest absolute Gasteiger partial charge is 0.332 e. The van der Waals surface area contributed by atoms with E-state index in [-0.39, 0.29) is 5.69 Å². The van der Waals surface area contributed by atoms with Crippen LogP contribution in [0.15, 0.2) is 54.6 Å². The number of thiocarbonyl (C=S) groups is 1. The number of nitro benzene ring substituents is 1. The fourth-order valence-electron chi connectivity index (χ4n) is 2.48. The third-order valence-corrected chi connectivity index (χ3v) is 4.22. The summed E-state index contributed by atoms with van der Waals surface area (Å²) in [6.07, 6.45) is 0. The second kappa shape index (κ2) is 8.15. The van der Waals surface area contributed by atoms with Crippen LogP contribution in [-0.2, 0) is 6.54 Å². The van der Waals surface area contributed by atoms with Crippen molar-refractivity contribution in [2.24, 2.45) is 0 Å². The van der Waals surface area contributed by atoms with E-state index in [2.05, 4.69) is 15.7 Å². The number of benzene rings is 2. The normalized spacial score (nSPS) is 10.4. The summed E-state index contributed by atoms with van der Waals surface area (Å²) < 4.78 is 1.85. The van der Waals surface area contributed by atoms with Crippen LogP contribution in [0.3, 0.4) is 0 Å². The Bertz CT molecular complexity index is 988. The van der Waals surface area contributed by atoms with Gasteiger partial charge in [0.1, 0.15) is 0 Å². The highest BCUT2D eigenvalue weighted by Gasteiger charge is 2.08. The molecule has 0 aliphatic heterocycles. The lowest BCUT2D eigenvalue weighted by Gasteiger charge is -2.08. The number of rotatable bonds is 5. The van der Waals surface area contributed by atoms with Gasteiger partial charge in [-0.15, -0.1) is 0 Å². The zero-order valence-electron chi connectivity index (χ0n) is 14.3. The predicted octanol–water partition coefficient (Wildman–Crippen LogP) is 4.61. The summed E-state index contributed by atoms with van der Waals surface area (Å²) in [7, 11) is 0. The van der Waals surface area contributed by atoms with Crippen molar-refractivity contribution in [3.05, 3.63) is 81.0 Å². The zero-order valence-corrected chi connectivity index (χ0v) is 15.9. The summed E-state index contributed by atoms with van der Waals surface area (Å²) >= 11 is 11.3. The molecule has 0 aliphatic rings. The maximum Gasteiger partial charge on any atom is 0.269 e. The second-order valence-corrected chi connectivity index (χ2v) is 6.69. The average Bonchev–Trinajstić information content (AvgIpc) is 2.94. The van der Waals surface area contributed by atoms with Crippen molar-refractivity contribution in [3.63, 3.8) is 0 Å². The van der Waals surface area contributed by atoms with E-state index in [4.69, 9.17) is 23.8 Å². The summed E-state index contributed by atoms with van der Waals surface area (Å²) in [4.78, 5) is 10.2. The minimum absolute atomic E-state index is 0.0230. The number of halogens is 1. The number of aromatic nitrogens is 2. The molecular formula is C18H16ClN5O2S. The van der Waals surface area contributed by atoms with Crippen LogP contribution in [0.5, 0.6) is 0 Å². The van der Waals surface area contributed by atoms with Gasteiger partial charge in [-0.25, -0.2) is 0 Å². The Labute approximate surface area is 166 Å². The molecule has 3 rings (SSSR count). The van der Waals surface area contributed by atoms with Gasteiger partial charge in [-0.05, 0) is 49.0 Å². The fourth-order valence-corrected chi connectivity index (χ4v) is 2.92. The van der Waals surface area contributed by atoms with Crippen molar-refractivity contribution in [1.29, 1.82) is 0 Å². The second-order valence-electron chi connectivity index (χ2n) is 5.84. The molecule has 27 heavy (non-hydrogen) atoms. The van der Waals surface area contributed by atoms with Gasteiger partial charge in [0.05, 0.1) is 11.5 Å². The van der Waals surface area contributed by atoms with Crippen LogP contribution < -0.4 is 10.6 Å².